The summed E-state index contributed by atoms with van der Waals surface area (Å²) in [5.41, 5.74) is 5.96. The van der Waals surface area contributed by atoms with Gasteiger partial charge in [-0.15, -0.1) is 0 Å². The quantitative estimate of drug-likeness (QED) is 0.842. The molecule has 0 bridgehead atoms. The van der Waals surface area contributed by atoms with E-state index in [0.717, 1.165) is 24.8 Å². The highest BCUT2D eigenvalue weighted by Gasteiger charge is 2.40. The molecule has 0 radical (unpaired) electrons. The Morgan fingerprint density at radius 2 is 2.24 bits per heavy atom. The molecule has 1 aromatic carbocycles. The number of amides is 1. The van der Waals surface area contributed by atoms with Gasteiger partial charge < -0.3 is 11.1 Å². The SMILES string of the molecule is CC(NC(=O)C1(N)CCC1)c1cccc(F)c1. The molecule has 1 aromatic rings. The fraction of sp³-hybridized carbons (Fsp3) is 0.462. The van der Waals surface area contributed by atoms with Gasteiger partial charge in [-0.25, -0.2) is 4.39 Å². The number of nitrogens with two attached hydrogens (primary N) is 1. The van der Waals surface area contributed by atoms with Crippen molar-refractivity contribution in [1.82, 2.24) is 5.32 Å². The van der Waals surface area contributed by atoms with Crippen molar-refractivity contribution in [3.63, 3.8) is 0 Å². The molecule has 3 N–H and O–H groups in total. The molecule has 17 heavy (non-hydrogen) atoms. The predicted molar refractivity (Wildman–Crippen MR) is 63.7 cm³/mol. The van der Waals surface area contributed by atoms with E-state index < -0.39 is 5.54 Å². The number of carbonyl (C=O) groups is 1. The van der Waals surface area contributed by atoms with Gasteiger partial charge in [0, 0.05) is 0 Å². The molecule has 0 spiro atoms. The van der Waals surface area contributed by atoms with Gasteiger partial charge in [-0.2, -0.15) is 0 Å². The minimum atomic E-state index is -0.707. The van der Waals surface area contributed by atoms with Crippen LogP contribution in [0.1, 0.15) is 37.8 Å². The predicted octanol–water partition coefficient (Wildman–Crippen LogP) is 1.88. The maximum atomic E-state index is 13.0. The molecule has 92 valence electrons. The fourth-order valence-corrected chi connectivity index (χ4v) is 1.98. The maximum absolute atomic E-state index is 13.0. The van der Waals surface area contributed by atoms with E-state index in [1.54, 1.807) is 12.1 Å². The number of nitrogens with one attached hydrogen (secondary N) is 1. The van der Waals surface area contributed by atoms with E-state index in [-0.39, 0.29) is 17.8 Å². The zero-order valence-electron chi connectivity index (χ0n) is 9.87. The summed E-state index contributed by atoms with van der Waals surface area (Å²) in [4.78, 5) is 11.9. The van der Waals surface area contributed by atoms with Gasteiger partial charge >= 0.3 is 0 Å². The summed E-state index contributed by atoms with van der Waals surface area (Å²) in [7, 11) is 0. The van der Waals surface area contributed by atoms with Gasteiger partial charge in [0.05, 0.1) is 11.6 Å². The first kappa shape index (κ1) is 12.0. The lowest BCUT2D eigenvalue weighted by atomic mass is 9.77. The Hall–Kier alpha value is -1.42. The van der Waals surface area contributed by atoms with Crippen molar-refractivity contribution in [3.8, 4) is 0 Å². The van der Waals surface area contributed by atoms with Gasteiger partial charge in [0.1, 0.15) is 5.82 Å². The molecule has 0 saturated heterocycles. The molecule has 1 aliphatic carbocycles. The zero-order valence-corrected chi connectivity index (χ0v) is 9.87. The Balaban J connectivity index is 2.01. The number of benzene rings is 1. The van der Waals surface area contributed by atoms with Crippen molar-refractivity contribution >= 4 is 5.91 Å². The molecule has 1 unspecified atom stereocenters. The Kier molecular flexibility index (Phi) is 3.15. The van der Waals surface area contributed by atoms with E-state index in [9.17, 15) is 9.18 Å². The highest BCUT2D eigenvalue weighted by Crippen LogP contribution is 2.29. The summed E-state index contributed by atoms with van der Waals surface area (Å²) in [6.45, 7) is 1.83. The average Bonchev–Trinajstić information content (AvgIpc) is 2.25. The Morgan fingerprint density at radius 1 is 1.53 bits per heavy atom. The summed E-state index contributed by atoms with van der Waals surface area (Å²) in [5, 5.41) is 2.84. The van der Waals surface area contributed by atoms with Crippen LogP contribution in [0.3, 0.4) is 0 Å². The summed E-state index contributed by atoms with van der Waals surface area (Å²) >= 11 is 0. The molecule has 1 aliphatic rings. The lowest BCUT2D eigenvalue weighted by Gasteiger charge is -2.37. The van der Waals surface area contributed by atoms with Crippen molar-refractivity contribution < 1.29 is 9.18 Å². The topological polar surface area (TPSA) is 55.1 Å². The molecule has 0 aliphatic heterocycles. The van der Waals surface area contributed by atoms with Gasteiger partial charge in [0.25, 0.3) is 0 Å². The smallest absolute Gasteiger partial charge is 0.240 e. The highest BCUT2D eigenvalue weighted by molar-refractivity contribution is 5.87. The Morgan fingerprint density at radius 3 is 2.76 bits per heavy atom. The number of carbonyl (C=O) groups excluding carboxylic acids is 1. The molecule has 1 amide bonds. The summed E-state index contributed by atoms with van der Waals surface area (Å²) < 4.78 is 13.0. The van der Waals surface area contributed by atoms with Crippen molar-refractivity contribution in [2.75, 3.05) is 0 Å². The molecule has 1 saturated carbocycles. The molecule has 0 aromatic heterocycles. The van der Waals surface area contributed by atoms with Crippen molar-refractivity contribution in [3.05, 3.63) is 35.6 Å². The van der Waals surface area contributed by atoms with Crippen LogP contribution >= 0.6 is 0 Å². The molecule has 4 heteroatoms. The third kappa shape index (κ3) is 2.47. The van der Waals surface area contributed by atoms with Crippen LogP contribution in [0.25, 0.3) is 0 Å². The van der Waals surface area contributed by atoms with Crippen molar-refractivity contribution in [2.24, 2.45) is 5.73 Å². The van der Waals surface area contributed by atoms with Crippen LogP contribution in [0.2, 0.25) is 0 Å². The standard InChI is InChI=1S/C13H17FN2O/c1-9(10-4-2-5-11(14)8-10)16-12(17)13(15)6-3-7-13/h2,4-5,8-9H,3,6-7,15H2,1H3,(H,16,17). The molecule has 1 atom stereocenters. The second-order valence-corrected chi connectivity index (χ2v) is 4.76. The lowest BCUT2D eigenvalue weighted by molar-refractivity contribution is -0.129. The fourth-order valence-electron chi connectivity index (χ4n) is 1.98. The van der Waals surface area contributed by atoms with Gasteiger partial charge in [0.2, 0.25) is 5.91 Å². The van der Waals surface area contributed by atoms with Crippen molar-refractivity contribution in [1.29, 1.82) is 0 Å². The number of halogens is 1. The van der Waals surface area contributed by atoms with Crippen LogP contribution in [-0.2, 0) is 4.79 Å². The van der Waals surface area contributed by atoms with Crippen molar-refractivity contribution in [2.45, 2.75) is 37.8 Å². The normalized spacial score (nSPS) is 19.2. The second-order valence-electron chi connectivity index (χ2n) is 4.76. The summed E-state index contributed by atoms with van der Waals surface area (Å²) in [6.07, 6.45) is 2.46. The Labute approximate surface area is 100 Å². The lowest BCUT2D eigenvalue weighted by Crippen LogP contribution is -2.58. The van der Waals surface area contributed by atoms with Crippen LogP contribution in [0.15, 0.2) is 24.3 Å². The van der Waals surface area contributed by atoms with E-state index in [4.69, 9.17) is 5.73 Å². The molecular formula is C13H17FN2O. The Bertz CT molecular complexity index is 429. The monoisotopic (exact) mass is 236 g/mol. The zero-order chi connectivity index (χ0) is 12.5. The molecule has 0 heterocycles. The van der Waals surface area contributed by atoms with E-state index >= 15 is 0 Å². The van der Waals surface area contributed by atoms with Gasteiger partial charge in [0.15, 0.2) is 0 Å². The summed E-state index contributed by atoms with van der Waals surface area (Å²) in [6, 6.07) is 6.01. The first-order valence-corrected chi connectivity index (χ1v) is 5.86. The largest absolute Gasteiger partial charge is 0.348 e. The highest BCUT2D eigenvalue weighted by atomic mass is 19.1. The minimum absolute atomic E-state index is 0.138. The first-order chi connectivity index (χ1) is 8.01. The second kappa shape index (κ2) is 4.45. The number of hydrogen-bond donors (Lipinski definition) is 2. The van der Waals surface area contributed by atoms with Crippen LogP contribution < -0.4 is 11.1 Å². The number of hydrogen-bond acceptors (Lipinski definition) is 2. The van der Waals surface area contributed by atoms with E-state index in [0.29, 0.717) is 0 Å². The average molecular weight is 236 g/mol. The van der Waals surface area contributed by atoms with Gasteiger partial charge in [-0.3, -0.25) is 4.79 Å². The molecule has 1 fully saturated rings. The van der Waals surface area contributed by atoms with Crippen LogP contribution in [-0.4, -0.2) is 11.4 Å². The van der Waals surface area contributed by atoms with Gasteiger partial charge in [-0.1, -0.05) is 12.1 Å². The van der Waals surface area contributed by atoms with E-state index in [1.807, 2.05) is 6.92 Å². The van der Waals surface area contributed by atoms with Crippen LogP contribution in [0.5, 0.6) is 0 Å². The van der Waals surface area contributed by atoms with Gasteiger partial charge in [-0.05, 0) is 43.9 Å². The first-order valence-electron chi connectivity index (χ1n) is 5.86. The maximum Gasteiger partial charge on any atom is 0.240 e. The molecule has 2 rings (SSSR count). The minimum Gasteiger partial charge on any atom is -0.348 e. The van der Waals surface area contributed by atoms with E-state index in [1.165, 1.54) is 12.1 Å². The van der Waals surface area contributed by atoms with E-state index in [2.05, 4.69) is 5.32 Å². The van der Waals surface area contributed by atoms with Crippen LogP contribution in [0.4, 0.5) is 4.39 Å². The molecular weight excluding hydrogens is 219 g/mol. The number of rotatable bonds is 3. The molecule has 3 nitrogen and oxygen atoms in total. The third-order valence-corrected chi connectivity index (χ3v) is 3.39. The summed E-state index contributed by atoms with van der Waals surface area (Å²) in [5.74, 6) is -0.435. The van der Waals surface area contributed by atoms with Crippen LogP contribution in [0, 0.1) is 5.82 Å². The third-order valence-electron chi connectivity index (χ3n) is 3.39.